The molecular formula is C13H14ClNO2. The number of hydrogen-bond donors (Lipinski definition) is 0. The molecule has 2 rings (SSSR count). The lowest BCUT2D eigenvalue weighted by Gasteiger charge is -2.02. The molecule has 0 bridgehead atoms. The number of hydrogen-bond acceptors (Lipinski definition) is 3. The molecule has 2 aromatic rings. The Hall–Kier alpha value is -1.48. The first-order chi connectivity index (χ1) is 8.24. The summed E-state index contributed by atoms with van der Waals surface area (Å²) in [6.45, 7) is 4.48. The Morgan fingerprint density at radius 3 is 2.53 bits per heavy atom. The molecule has 0 aliphatic carbocycles. The summed E-state index contributed by atoms with van der Waals surface area (Å²) >= 11 is 5.76. The van der Waals surface area contributed by atoms with Crippen LogP contribution in [0.3, 0.4) is 0 Å². The van der Waals surface area contributed by atoms with Crippen molar-refractivity contribution in [3.63, 3.8) is 0 Å². The molecule has 0 fully saturated rings. The number of nitrogens with zero attached hydrogens (tertiary/aromatic N) is 1. The van der Waals surface area contributed by atoms with Crippen LogP contribution in [0.2, 0.25) is 0 Å². The minimum Gasteiger partial charge on any atom is -0.494 e. The lowest BCUT2D eigenvalue weighted by atomic mass is 10.2. The maximum atomic E-state index is 5.76. The molecule has 0 saturated heterocycles. The summed E-state index contributed by atoms with van der Waals surface area (Å²) in [7, 11) is 0. The number of benzene rings is 1. The molecule has 3 nitrogen and oxygen atoms in total. The number of ether oxygens (including phenoxy) is 1. The van der Waals surface area contributed by atoms with E-state index in [1.54, 1.807) is 0 Å². The Morgan fingerprint density at radius 2 is 2.00 bits per heavy atom. The second kappa shape index (κ2) is 5.23. The second-order valence-electron chi connectivity index (χ2n) is 3.61. The first-order valence-corrected chi connectivity index (χ1v) is 6.03. The first-order valence-electron chi connectivity index (χ1n) is 5.50. The maximum Gasteiger partial charge on any atom is 0.226 e. The van der Waals surface area contributed by atoms with Gasteiger partial charge in [0.15, 0.2) is 0 Å². The standard InChI is InChI=1S/C13H14ClNO2/c1-3-16-11-6-4-10(5-7-11)13-15-12(8-14)9(2)17-13/h4-7H,3,8H2,1-2H3. The summed E-state index contributed by atoms with van der Waals surface area (Å²) in [6.07, 6.45) is 0. The van der Waals surface area contributed by atoms with Crippen molar-refractivity contribution in [2.24, 2.45) is 0 Å². The van der Waals surface area contributed by atoms with Crippen molar-refractivity contribution in [3.05, 3.63) is 35.7 Å². The predicted molar refractivity (Wildman–Crippen MR) is 67.4 cm³/mol. The average Bonchev–Trinajstić information content (AvgIpc) is 2.72. The highest BCUT2D eigenvalue weighted by Gasteiger charge is 2.10. The third-order valence-corrected chi connectivity index (χ3v) is 2.68. The van der Waals surface area contributed by atoms with Crippen LogP contribution in [0.1, 0.15) is 18.4 Å². The SMILES string of the molecule is CCOc1ccc(-c2nc(CCl)c(C)o2)cc1. The minimum absolute atomic E-state index is 0.367. The van der Waals surface area contributed by atoms with Crippen LogP contribution in [-0.4, -0.2) is 11.6 Å². The van der Waals surface area contributed by atoms with Crippen LogP contribution in [-0.2, 0) is 5.88 Å². The molecule has 0 N–H and O–H groups in total. The van der Waals surface area contributed by atoms with Gasteiger partial charge in [0.2, 0.25) is 5.89 Å². The first kappa shape index (κ1) is 12.0. The fourth-order valence-corrected chi connectivity index (χ4v) is 1.78. The van der Waals surface area contributed by atoms with Gasteiger partial charge in [-0.05, 0) is 38.1 Å². The Morgan fingerprint density at radius 1 is 1.29 bits per heavy atom. The van der Waals surface area contributed by atoms with Gasteiger partial charge < -0.3 is 9.15 Å². The van der Waals surface area contributed by atoms with Gasteiger partial charge >= 0.3 is 0 Å². The molecule has 17 heavy (non-hydrogen) atoms. The number of aryl methyl sites for hydroxylation is 1. The van der Waals surface area contributed by atoms with Gasteiger partial charge in [-0.15, -0.1) is 11.6 Å². The van der Waals surface area contributed by atoms with Gasteiger partial charge in [-0.2, -0.15) is 0 Å². The highest BCUT2D eigenvalue weighted by Crippen LogP contribution is 2.24. The molecule has 0 unspecified atom stereocenters. The Kier molecular flexibility index (Phi) is 3.69. The molecular weight excluding hydrogens is 238 g/mol. The largest absolute Gasteiger partial charge is 0.494 e. The van der Waals surface area contributed by atoms with Crippen LogP contribution >= 0.6 is 11.6 Å². The van der Waals surface area contributed by atoms with Crippen molar-refractivity contribution < 1.29 is 9.15 Å². The van der Waals surface area contributed by atoms with E-state index in [0.29, 0.717) is 18.4 Å². The van der Waals surface area contributed by atoms with Crippen LogP contribution in [0.4, 0.5) is 0 Å². The van der Waals surface area contributed by atoms with Crippen molar-refractivity contribution in [3.8, 4) is 17.2 Å². The lowest BCUT2D eigenvalue weighted by molar-refractivity contribution is 0.340. The smallest absolute Gasteiger partial charge is 0.226 e. The topological polar surface area (TPSA) is 35.3 Å². The summed E-state index contributed by atoms with van der Waals surface area (Å²) in [5, 5.41) is 0. The lowest BCUT2D eigenvalue weighted by Crippen LogP contribution is -1.90. The summed E-state index contributed by atoms with van der Waals surface area (Å²) in [6, 6.07) is 7.65. The van der Waals surface area contributed by atoms with Crippen LogP contribution in [0.5, 0.6) is 5.75 Å². The van der Waals surface area contributed by atoms with E-state index < -0.39 is 0 Å². The van der Waals surface area contributed by atoms with Gasteiger partial charge in [0.25, 0.3) is 0 Å². The van der Waals surface area contributed by atoms with Crippen molar-refractivity contribution in [1.82, 2.24) is 4.98 Å². The van der Waals surface area contributed by atoms with Crippen LogP contribution < -0.4 is 4.74 Å². The van der Waals surface area contributed by atoms with Gasteiger partial charge in [-0.1, -0.05) is 0 Å². The molecule has 0 saturated carbocycles. The number of oxazole rings is 1. The number of alkyl halides is 1. The summed E-state index contributed by atoms with van der Waals surface area (Å²) < 4.78 is 10.9. The highest BCUT2D eigenvalue weighted by molar-refractivity contribution is 6.16. The molecule has 90 valence electrons. The van der Waals surface area contributed by atoms with Gasteiger partial charge in [-0.25, -0.2) is 4.98 Å². The third kappa shape index (κ3) is 2.61. The zero-order valence-electron chi connectivity index (χ0n) is 9.87. The number of rotatable bonds is 4. The van der Waals surface area contributed by atoms with E-state index in [9.17, 15) is 0 Å². The van der Waals surface area contributed by atoms with Crippen molar-refractivity contribution in [2.45, 2.75) is 19.7 Å². The molecule has 1 heterocycles. The van der Waals surface area contributed by atoms with E-state index in [1.165, 1.54) is 0 Å². The number of aromatic nitrogens is 1. The molecule has 0 amide bonds. The fourth-order valence-electron chi connectivity index (χ4n) is 1.54. The van der Waals surface area contributed by atoms with Gasteiger partial charge in [-0.3, -0.25) is 0 Å². The Bertz CT molecular complexity index is 491. The quantitative estimate of drug-likeness (QED) is 0.776. The number of halogens is 1. The van der Waals surface area contributed by atoms with Crippen LogP contribution in [0.15, 0.2) is 28.7 Å². The van der Waals surface area contributed by atoms with E-state index in [1.807, 2.05) is 38.1 Å². The van der Waals surface area contributed by atoms with E-state index in [4.69, 9.17) is 20.8 Å². The molecule has 0 atom stereocenters. The van der Waals surface area contributed by atoms with Gasteiger partial charge in [0, 0.05) is 5.56 Å². The summed E-state index contributed by atoms with van der Waals surface area (Å²) in [5.74, 6) is 2.58. The summed E-state index contributed by atoms with van der Waals surface area (Å²) in [5.41, 5.74) is 1.71. The normalized spacial score (nSPS) is 10.5. The Labute approximate surface area is 105 Å². The summed E-state index contributed by atoms with van der Waals surface area (Å²) in [4.78, 5) is 4.33. The average molecular weight is 252 g/mol. The highest BCUT2D eigenvalue weighted by atomic mass is 35.5. The van der Waals surface area contributed by atoms with Gasteiger partial charge in [0.05, 0.1) is 18.2 Å². The molecule has 0 radical (unpaired) electrons. The molecule has 4 heteroatoms. The second-order valence-corrected chi connectivity index (χ2v) is 3.88. The van der Waals surface area contributed by atoms with Crippen molar-refractivity contribution in [1.29, 1.82) is 0 Å². The van der Waals surface area contributed by atoms with Crippen molar-refractivity contribution in [2.75, 3.05) is 6.61 Å². The maximum absolute atomic E-state index is 5.76. The van der Waals surface area contributed by atoms with E-state index in [0.717, 1.165) is 22.8 Å². The molecule has 0 aliphatic heterocycles. The van der Waals surface area contributed by atoms with E-state index in [-0.39, 0.29) is 0 Å². The van der Waals surface area contributed by atoms with E-state index >= 15 is 0 Å². The zero-order chi connectivity index (χ0) is 12.3. The Balaban J connectivity index is 2.26. The molecule has 1 aromatic heterocycles. The zero-order valence-corrected chi connectivity index (χ0v) is 10.6. The van der Waals surface area contributed by atoms with Crippen LogP contribution in [0.25, 0.3) is 11.5 Å². The molecule has 0 spiro atoms. The monoisotopic (exact) mass is 251 g/mol. The minimum atomic E-state index is 0.367. The molecule has 0 aliphatic rings. The van der Waals surface area contributed by atoms with Gasteiger partial charge in [0.1, 0.15) is 11.5 Å². The van der Waals surface area contributed by atoms with Crippen LogP contribution in [0, 0.1) is 6.92 Å². The molecule has 1 aromatic carbocycles. The fraction of sp³-hybridized carbons (Fsp3) is 0.308. The van der Waals surface area contributed by atoms with Crippen molar-refractivity contribution >= 4 is 11.6 Å². The predicted octanol–water partition coefficient (Wildman–Crippen LogP) is 3.79. The third-order valence-electron chi connectivity index (χ3n) is 2.43. The van der Waals surface area contributed by atoms with E-state index in [2.05, 4.69) is 4.98 Å².